The van der Waals surface area contributed by atoms with Crippen LogP contribution in [-0.2, 0) is 0 Å². The Labute approximate surface area is 187 Å². The molecule has 0 saturated heterocycles. The van der Waals surface area contributed by atoms with E-state index >= 15 is 0 Å². The molecular formula is C23H20F2N2O6. The highest BCUT2D eigenvalue weighted by molar-refractivity contribution is 6.09. The summed E-state index contributed by atoms with van der Waals surface area (Å²) in [5.41, 5.74) is 1.55. The van der Waals surface area contributed by atoms with Crippen LogP contribution in [0.4, 0.5) is 19.3 Å². The van der Waals surface area contributed by atoms with Crippen molar-refractivity contribution in [1.29, 1.82) is 0 Å². The number of hydrogen-bond donors (Lipinski definition) is 2. The summed E-state index contributed by atoms with van der Waals surface area (Å²) in [6, 6.07) is 19.8. The molecule has 10 heteroatoms. The van der Waals surface area contributed by atoms with Gasteiger partial charge < -0.3 is 15.2 Å². The van der Waals surface area contributed by atoms with E-state index in [2.05, 4.69) is 10.1 Å². The molecule has 0 aliphatic rings. The van der Waals surface area contributed by atoms with Gasteiger partial charge in [-0.3, -0.25) is 14.9 Å². The minimum absolute atomic E-state index is 0.00605. The van der Waals surface area contributed by atoms with Gasteiger partial charge in [0.1, 0.15) is 5.75 Å². The van der Waals surface area contributed by atoms with E-state index in [1.165, 1.54) is 42.5 Å². The van der Waals surface area contributed by atoms with Crippen molar-refractivity contribution in [2.75, 3.05) is 0 Å². The van der Waals surface area contributed by atoms with Crippen molar-refractivity contribution in [3.8, 4) is 5.75 Å². The summed E-state index contributed by atoms with van der Waals surface area (Å²) < 4.78 is 28.1. The molecule has 0 fully saturated rings. The second kappa shape index (κ2) is 11.9. The maximum atomic E-state index is 12.0. The number of alkyl halides is 2. The van der Waals surface area contributed by atoms with Crippen LogP contribution >= 0.6 is 0 Å². The van der Waals surface area contributed by atoms with Gasteiger partial charge in [0.2, 0.25) is 0 Å². The predicted molar refractivity (Wildman–Crippen MR) is 116 cm³/mol. The molecule has 1 atom stereocenters. The van der Waals surface area contributed by atoms with E-state index in [0.717, 1.165) is 0 Å². The van der Waals surface area contributed by atoms with Crippen LogP contribution < -0.4 is 10.1 Å². The van der Waals surface area contributed by atoms with Crippen molar-refractivity contribution < 1.29 is 33.1 Å². The molecule has 3 aromatic carbocycles. The number of nitro benzene ring substituents is 1. The highest BCUT2D eigenvalue weighted by Gasteiger charge is 2.11. The molecule has 0 saturated carbocycles. The van der Waals surface area contributed by atoms with Gasteiger partial charge in [-0.1, -0.05) is 42.5 Å². The minimum Gasteiger partial charge on any atom is -0.465 e. The number of non-ortho nitro benzene ring substituents is 1. The predicted octanol–water partition coefficient (Wildman–Crippen LogP) is 5.44. The van der Waals surface area contributed by atoms with Crippen LogP contribution in [0.3, 0.4) is 0 Å². The van der Waals surface area contributed by atoms with Crippen LogP contribution in [0.1, 0.15) is 34.5 Å². The van der Waals surface area contributed by atoms with Gasteiger partial charge in [-0.05, 0) is 36.8 Å². The molecule has 1 unspecified atom stereocenters. The van der Waals surface area contributed by atoms with Crippen LogP contribution in [0.15, 0.2) is 78.9 Å². The quantitative estimate of drug-likeness (QED) is 0.276. The number of carbonyl (C=O) groups excluding carboxylic acids is 1. The highest BCUT2D eigenvalue weighted by Crippen LogP contribution is 2.20. The lowest BCUT2D eigenvalue weighted by molar-refractivity contribution is -0.384. The lowest BCUT2D eigenvalue weighted by Gasteiger charge is -2.13. The molecule has 0 bridgehead atoms. The van der Waals surface area contributed by atoms with Crippen LogP contribution in [0.25, 0.3) is 0 Å². The maximum absolute atomic E-state index is 12.0. The third-order valence-electron chi connectivity index (χ3n) is 4.30. The number of ketones is 1. The highest BCUT2D eigenvalue weighted by atomic mass is 19.3. The van der Waals surface area contributed by atoms with E-state index in [-0.39, 0.29) is 17.2 Å². The van der Waals surface area contributed by atoms with Gasteiger partial charge in [0.25, 0.3) is 5.69 Å². The molecule has 0 heterocycles. The lowest BCUT2D eigenvalue weighted by atomic mass is 10.0. The fraction of sp³-hybridized carbons (Fsp3) is 0.130. The van der Waals surface area contributed by atoms with E-state index in [4.69, 9.17) is 5.11 Å². The number of carbonyl (C=O) groups is 2. The molecule has 8 nitrogen and oxygen atoms in total. The molecule has 3 aromatic rings. The third kappa shape index (κ3) is 8.02. The third-order valence-corrected chi connectivity index (χ3v) is 4.30. The monoisotopic (exact) mass is 458 g/mol. The molecule has 3 rings (SSSR count). The fourth-order valence-electron chi connectivity index (χ4n) is 2.72. The fourth-order valence-corrected chi connectivity index (χ4v) is 2.72. The topological polar surface area (TPSA) is 119 Å². The number of benzene rings is 3. The summed E-state index contributed by atoms with van der Waals surface area (Å²) in [5.74, 6) is -0.132. The first-order valence-corrected chi connectivity index (χ1v) is 9.55. The molecule has 0 radical (unpaired) electrons. The second-order valence-electron chi connectivity index (χ2n) is 6.62. The normalized spacial score (nSPS) is 11.0. The molecule has 0 aliphatic heterocycles. The zero-order valence-corrected chi connectivity index (χ0v) is 17.4. The van der Waals surface area contributed by atoms with E-state index in [1.807, 2.05) is 6.07 Å². The van der Waals surface area contributed by atoms with Gasteiger partial charge in [-0.25, -0.2) is 4.79 Å². The SMILES string of the molecule is CC(NC(=O)O)c1cccc(OC(F)F)c1.O=C(c1ccccc1)c1ccc([N+](=O)[O-])cc1. The van der Waals surface area contributed by atoms with Gasteiger partial charge in [0.05, 0.1) is 11.0 Å². The first-order valence-electron chi connectivity index (χ1n) is 9.55. The van der Waals surface area contributed by atoms with Gasteiger partial charge in [-0.15, -0.1) is 0 Å². The first-order chi connectivity index (χ1) is 15.7. The van der Waals surface area contributed by atoms with Crippen LogP contribution in [0.5, 0.6) is 5.75 Å². The summed E-state index contributed by atoms with van der Waals surface area (Å²) in [7, 11) is 0. The number of carboxylic acid groups (broad SMARTS) is 1. The summed E-state index contributed by atoms with van der Waals surface area (Å²) in [5, 5.41) is 21.2. The van der Waals surface area contributed by atoms with Crippen molar-refractivity contribution in [2.24, 2.45) is 0 Å². The van der Waals surface area contributed by atoms with E-state index in [1.54, 1.807) is 37.3 Å². The summed E-state index contributed by atoms with van der Waals surface area (Å²) in [6.45, 7) is -1.28. The maximum Gasteiger partial charge on any atom is 0.405 e. The summed E-state index contributed by atoms with van der Waals surface area (Å²) >= 11 is 0. The Bertz CT molecular complexity index is 1090. The van der Waals surface area contributed by atoms with Crippen LogP contribution in [0, 0.1) is 10.1 Å². The summed E-state index contributed by atoms with van der Waals surface area (Å²) in [4.78, 5) is 32.3. The van der Waals surface area contributed by atoms with Gasteiger partial charge in [0, 0.05) is 23.3 Å². The molecular weight excluding hydrogens is 438 g/mol. The number of nitro groups is 1. The molecule has 0 spiro atoms. The average Bonchev–Trinajstić information content (AvgIpc) is 2.79. The number of ether oxygens (including phenoxy) is 1. The molecule has 33 heavy (non-hydrogen) atoms. The zero-order valence-electron chi connectivity index (χ0n) is 17.4. The number of halogens is 2. The summed E-state index contributed by atoms with van der Waals surface area (Å²) in [6.07, 6.45) is -1.17. The number of nitrogens with one attached hydrogen (secondary N) is 1. The van der Waals surface area contributed by atoms with Crippen molar-refractivity contribution in [3.05, 3.63) is 106 Å². The molecule has 172 valence electrons. The largest absolute Gasteiger partial charge is 0.465 e. The van der Waals surface area contributed by atoms with Crippen LogP contribution in [-0.4, -0.2) is 28.5 Å². The van der Waals surface area contributed by atoms with Crippen molar-refractivity contribution in [2.45, 2.75) is 19.6 Å². The Morgan fingerprint density at radius 2 is 1.58 bits per heavy atom. The smallest absolute Gasteiger partial charge is 0.405 e. The Balaban J connectivity index is 0.000000234. The van der Waals surface area contributed by atoms with Gasteiger partial charge in [0.15, 0.2) is 5.78 Å². The average molecular weight is 458 g/mol. The number of amides is 1. The molecule has 0 aliphatic carbocycles. The van der Waals surface area contributed by atoms with E-state index < -0.39 is 23.7 Å². The van der Waals surface area contributed by atoms with Gasteiger partial charge >= 0.3 is 12.7 Å². The van der Waals surface area contributed by atoms with Crippen molar-refractivity contribution in [1.82, 2.24) is 5.32 Å². The zero-order chi connectivity index (χ0) is 24.4. The van der Waals surface area contributed by atoms with Crippen molar-refractivity contribution in [3.63, 3.8) is 0 Å². The van der Waals surface area contributed by atoms with Crippen LogP contribution in [0.2, 0.25) is 0 Å². The van der Waals surface area contributed by atoms with Gasteiger partial charge in [-0.2, -0.15) is 8.78 Å². The Kier molecular flexibility index (Phi) is 8.98. The Morgan fingerprint density at radius 3 is 2.12 bits per heavy atom. The van der Waals surface area contributed by atoms with Crippen molar-refractivity contribution >= 4 is 17.6 Å². The first kappa shape index (κ1) is 24.9. The lowest BCUT2D eigenvalue weighted by Crippen LogP contribution is -2.24. The van der Waals surface area contributed by atoms with E-state index in [0.29, 0.717) is 16.7 Å². The number of rotatable bonds is 7. The molecule has 2 N–H and O–H groups in total. The standard InChI is InChI=1S/C13H9NO3.C10H11F2NO3/c15-13(10-4-2-1-3-5-10)11-6-8-12(9-7-11)14(16)17;1-6(13-10(14)15)7-3-2-4-8(5-7)16-9(11)12/h1-9H;2-6,9,13H,1H3,(H,14,15). The Hall–Kier alpha value is -4.34. The molecule has 1 amide bonds. The number of nitrogens with zero attached hydrogens (tertiary/aromatic N) is 1. The van der Waals surface area contributed by atoms with E-state index in [9.17, 15) is 28.5 Å². The Morgan fingerprint density at radius 1 is 0.970 bits per heavy atom. The molecule has 0 aromatic heterocycles. The second-order valence-corrected chi connectivity index (χ2v) is 6.62. The minimum atomic E-state index is -2.89. The number of hydrogen-bond acceptors (Lipinski definition) is 5.